The van der Waals surface area contributed by atoms with Crippen molar-refractivity contribution in [2.24, 2.45) is 0 Å². The molecule has 0 bridgehead atoms. The van der Waals surface area contributed by atoms with Crippen molar-refractivity contribution in [1.29, 1.82) is 10.8 Å². The van der Waals surface area contributed by atoms with Crippen LogP contribution in [0.25, 0.3) is 0 Å². The van der Waals surface area contributed by atoms with Crippen LogP contribution in [0.2, 0.25) is 0 Å². The zero-order valence-corrected chi connectivity index (χ0v) is 12.3. The smallest absolute Gasteiger partial charge is 0.183 e. The molecule has 19 heavy (non-hydrogen) atoms. The van der Waals surface area contributed by atoms with Gasteiger partial charge in [0.25, 0.3) is 0 Å². The molecule has 0 saturated heterocycles. The first kappa shape index (κ1) is 15.9. The van der Waals surface area contributed by atoms with Crippen LogP contribution in [0.1, 0.15) is 38.2 Å². The van der Waals surface area contributed by atoms with E-state index >= 15 is 0 Å². The highest BCUT2D eigenvalue weighted by Crippen LogP contribution is 2.21. The molecule has 104 valence electrons. The second-order valence-electron chi connectivity index (χ2n) is 3.85. The number of thioether (sulfide) groups is 1. The zero-order chi connectivity index (χ0) is 14.3. The van der Waals surface area contributed by atoms with Gasteiger partial charge in [0.2, 0.25) is 0 Å². The summed E-state index contributed by atoms with van der Waals surface area (Å²) in [4.78, 5) is 0. The number of nitrogens with one attached hydrogen (secondary N) is 2. The van der Waals surface area contributed by atoms with E-state index in [1.165, 1.54) is 0 Å². The second kappa shape index (κ2) is 8.09. The van der Waals surface area contributed by atoms with Crippen LogP contribution in [-0.4, -0.2) is 23.3 Å². The van der Waals surface area contributed by atoms with E-state index in [1.807, 2.05) is 38.1 Å². The standard InChI is InChI=1S/C14H20N2O2S/c1-4-17-14(18-5-2)12-8-6-11(7-9-12)13(16)19-10(3)15/h6-9,14-16H,4-5H2,1-3H3. The van der Waals surface area contributed by atoms with Gasteiger partial charge < -0.3 is 9.47 Å². The molecule has 0 spiro atoms. The van der Waals surface area contributed by atoms with Crippen LogP contribution in [0.4, 0.5) is 0 Å². The largest absolute Gasteiger partial charge is 0.349 e. The van der Waals surface area contributed by atoms with E-state index in [2.05, 4.69) is 0 Å². The highest BCUT2D eigenvalue weighted by Gasteiger charge is 2.11. The second-order valence-corrected chi connectivity index (χ2v) is 5.08. The van der Waals surface area contributed by atoms with Gasteiger partial charge in [-0.2, -0.15) is 0 Å². The van der Waals surface area contributed by atoms with E-state index in [4.69, 9.17) is 20.3 Å². The summed E-state index contributed by atoms with van der Waals surface area (Å²) >= 11 is 1.15. The molecule has 4 nitrogen and oxygen atoms in total. The normalized spacial score (nSPS) is 10.7. The van der Waals surface area contributed by atoms with Crippen molar-refractivity contribution in [3.05, 3.63) is 35.4 Å². The molecule has 2 N–H and O–H groups in total. The van der Waals surface area contributed by atoms with Gasteiger partial charge in [-0.05, 0) is 20.8 Å². The lowest BCUT2D eigenvalue weighted by Gasteiger charge is -2.17. The maximum atomic E-state index is 7.86. The Morgan fingerprint density at radius 2 is 1.63 bits per heavy atom. The van der Waals surface area contributed by atoms with E-state index in [0.29, 0.717) is 23.3 Å². The first-order chi connectivity index (χ1) is 9.08. The summed E-state index contributed by atoms with van der Waals surface area (Å²) in [5.41, 5.74) is 1.74. The van der Waals surface area contributed by atoms with Gasteiger partial charge in [0.05, 0.1) is 5.04 Å². The maximum Gasteiger partial charge on any atom is 0.183 e. The summed E-state index contributed by atoms with van der Waals surface area (Å²) in [7, 11) is 0. The molecule has 0 aromatic heterocycles. The Morgan fingerprint density at radius 3 is 2.05 bits per heavy atom. The van der Waals surface area contributed by atoms with Crippen LogP contribution in [0.3, 0.4) is 0 Å². The Balaban J connectivity index is 2.79. The summed E-state index contributed by atoms with van der Waals surface area (Å²) in [6, 6.07) is 7.52. The molecule has 5 heteroatoms. The Morgan fingerprint density at radius 1 is 1.11 bits per heavy atom. The van der Waals surface area contributed by atoms with Crippen LogP contribution in [0.5, 0.6) is 0 Å². The molecule has 1 aromatic carbocycles. The van der Waals surface area contributed by atoms with Crippen LogP contribution >= 0.6 is 11.8 Å². The minimum absolute atomic E-state index is 0.352. The number of ether oxygens (including phenoxy) is 2. The third-order valence-corrected chi connectivity index (χ3v) is 3.08. The summed E-state index contributed by atoms with van der Waals surface area (Å²) in [5, 5.41) is 16.0. The van der Waals surface area contributed by atoms with Gasteiger partial charge in [0.15, 0.2) is 6.29 Å². The van der Waals surface area contributed by atoms with Gasteiger partial charge in [0, 0.05) is 24.3 Å². The molecule has 0 saturated carbocycles. The summed E-state index contributed by atoms with van der Waals surface area (Å²) in [5.74, 6) is 0. The van der Waals surface area contributed by atoms with Gasteiger partial charge in [0.1, 0.15) is 5.04 Å². The van der Waals surface area contributed by atoms with Crippen molar-refractivity contribution in [3.8, 4) is 0 Å². The predicted molar refractivity (Wildman–Crippen MR) is 80.3 cm³/mol. The van der Waals surface area contributed by atoms with Crippen LogP contribution < -0.4 is 0 Å². The fraction of sp³-hybridized carbons (Fsp3) is 0.429. The molecule has 0 unspecified atom stereocenters. The van der Waals surface area contributed by atoms with E-state index in [0.717, 1.165) is 22.9 Å². The van der Waals surface area contributed by atoms with Gasteiger partial charge in [-0.25, -0.2) is 0 Å². The van der Waals surface area contributed by atoms with E-state index < -0.39 is 0 Å². The molecule has 0 amide bonds. The van der Waals surface area contributed by atoms with E-state index in [-0.39, 0.29) is 6.29 Å². The number of hydrogen-bond donors (Lipinski definition) is 2. The third-order valence-electron chi connectivity index (χ3n) is 2.34. The van der Waals surface area contributed by atoms with Crippen LogP contribution in [-0.2, 0) is 9.47 Å². The van der Waals surface area contributed by atoms with Crippen LogP contribution in [0.15, 0.2) is 24.3 Å². The Kier molecular flexibility index (Phi) is 6.77. The third kappa shape index (κ3) is 5.14. The summed E-state index contributed by atoms with van der Waals surface area (Å²) in [6.07, 6.45) is -0.352. The quantitative estimate of drug-likeness (QED) is 0.473. The van der Waals surface area contributed by atoms with Crippen molar-refractivity contribution in [2.45, 2.75) is 27.1 Å². The lowest BCUT2D eigenvalue weighted by molar-refractivity contribution is -0.140. The van der Waals surface area contributed by atoms with Crippen molar-refractivity contribution in [1.82, 2.24) is 0 Å². The van der Waals surface area contributed by atoms with E-state index in [1.54, 1.807) is 6.92 Å². The van der Waals surface area contributed by atoms with Crippen LogP contribution in [0, 0.1) is 10.8 Å². The number of hydrogen-bond acceptors (Lipinski definition) is 5. The van der Waals surface area contributed by atoms with Gasteiger partial charge in [-0.15, -0.1) is 0 Å². The lowest BCUT2D eigenvalue weighted by Crippen LogP contribution is -2.09. The highest BCUT2D eigenvalue weighted by molar-refractivity contribution is 8.26. The topological polar surface area (TPSA) is 66.2 Å². The lowest BCUT2D eigenvalue weighted by atomic mass is 10.1. The fourth-order valence-corrected chi connectivity index (χ4v) is 2.11. The fourth-order valence-electron chi connectivity index (χ4n) is 1.55. The molecule has 1 aromatic rings. The average molecular weight is 280 g/mol. The van der Waals surface area contributed by atoms with E-state index in [9.17, 15) is 0 Å². The highest BCUT2D eigenvalue weighted by atomic mass is 32.2. The minimum Gasteiger partial charge on any atom is -0.349 e. The molecule has 0 aliphatic rings. The van der Waals surface area contributed by atoms with Gasteiger partial charge >= 0.3 is 0 Å². The molecule has 0 aliphatic heterocycles. The Hall–Kier alpha value is -1.17. The molecular weight excluding hydrogens is 260 g/mol. The summed E-state index contributed by atoms with van der Waals surface area (Å²) in [6.45, 7) is 6.71. The Bertz CT molecular complexity index is 426. The number of benzene rings is 1. The average Bonchev–Trinajstić information content (AvgIpc) is 2.38. The van der Waals surface area contributed by atoms with Crippen molar-refractivity contribution < 1.29 is 9.47 Å². The van der Waals surface area contributed by atoms with Crippen molar-refractivity contribution >= 4 is 21.8 Å². The van der Waals surface area contributed by atoms with Gasteiger partial charge in [-0.1, -0.05) is 36.0 Å². The molecule has 0 fully saturated rings. The van der Waals surface area contributed by atoms with Crippen molar-refractivity contribution in [2.75, 3.05) is 13.2 Å². The Labute approximate surface area is 118 Å². The molecule has 0 radical (unpaired) electrons. The summed E-state index contributed by atoms with van der Waals surface area (Å²) < 4.78 is 11.0. The number of rotatable bonds is 6. The molecule has 1 rings (SSSR count). The molecule has 0 heterocycles. The van der Waals surface area contributed by atoms with Crippen molar-refractivity contribution in [3.63, 3.8) is 0 Å². The SMILES string of the molecule is CCOC(OCC)c1ccc(C(=N)SC(C)=N)cc1. The predicted octanol–water partition coefficient (Wildman–Crippen LogP) is 3.81. The minimum atomic E-state index is -0.352. The first-order valence-electron chi connectivity index (χ1n) is 6.23. The first-order valence-corrected chi connectivity index (χ1v) is 7.05. The van der Waals surface area contributed by atoms with Gasteiger partial charge in [-0.3, -0.25) is 10.8 Å². The zero-order valence-electron chi connectivity index (χ0n) is 11.5. The molecule has 0 atom stereocenters. The molecule has 0 aliphatic carbocycles. The molecular formula is C14H20N2O2S. The maximum absolute atomic E-state index is 7.86. The monoisotopic (exact) mass is 280 g/mol.